The predicted octanol–water partition coefficient (Wildman–Crippen LogP) is 1.97. The summed E-state index contributed by atoms with van der Waals surface area (Å²) in [6, 6.07) is 7.73. The van der Waals surface area contributed by atoms with Gasteiger partial charge in [0.1, 0.15) is 0 Å². The lowest BCUT2D eigenvalue weighted by Gasteiger charge is -2.22. The molecule has 0 spiro atoms. The van der Waals surface area contributed by atoms with Gasteiger partial charge in [-0.2, -0.15) is 0 Å². The molecule has 0 radical (unpaired) electrons. The van der Waals surface area contributed by atoms with Gasteiger partial charge in [0.15, 0.2) is 0 Å². The summed E-state index contributed by atoms with van der Waals surface area (Å²) in [6.07, 6.45) is 4.22. The Hall–Kier alpha value is -1.39. The number of nitrogens with one attached hydrogen (secondary N) is 1. The second kappa shape index (κ2) is 6.16. The normalized spacial score (nSPS) is 28.6. The van der Waals surface area contributed by atoms with E-state index in [2.05, 4.69) is 12.2 Å². The molecule has 4 nitrogen and oxygen atoms in total. The molecule has 2 N–H and O–H groups in total. The average molecular weight is 289 g/mol. The van der Waals surface area contributed by atoms with E-state index in [4.69, 9.17) is 4.74 Å². The SMILES string of the molecule is CCc1ccc(C(CO)NC(=O)C2CC3CCC2O3)cc1. The van der Waals surface area contributed by atoms with E-state index in [1.165, 1.54) is 5.56 Å². The van der Waals surface area contributed by atoms with Crippen molar-refractivity contribution in [2.75, 3.05) is 6.61 Å². The van der Waals surface area contributed by atoms with Crippen LogP contribution in [0, 0.1) is 5.92 Å². The van der Waals surface area contributed by atoms with Gasteiger partial charge in [0.05, 0.1) is 30.8 Å². The van der Waals surface area contributed by atoms with Gasteiger partial charge < -0.3 is 15.2 Å². The van der Waals surface area contributed by atoms with Crippen LogP contribution in [0.25, 0.3) is 0 Å². The van der Waals surface area contributed by atoms with Crippen molar-refractivity contribution in [1.29, 1.82) is 0 Å². The van der Waals surface area contributed by atoms with Crippen molar-refractivity contribution in [3.05, 3.63) is 35.4 Å². The molecule has 4 unspecified atom stereocenters. The molecule has 114 valence electrons. The molecule has 4 heteroatoms. The van der Waals surface area contributed by atoms with E-state index < -0.39 is 0 Å². The highest BCUT2D eigenvalue weighted by Gasteiger charge is 2.44. The number of aliphatic hydroxyl groups excluding tert-OH is 1. The van der Waals surface area contributed by atoms with E-state index in [9.17, 15) is 9.90 Å². The number of carbonyl (C=O) groups is 1. The minimum Gasteiger partial charge on any atom is -0.394 e. The summed E-state index contributed by atoms with van der Waals surface area (Å²) in [5, 5.41) is 12.6. The smallest absolute Gasteiger partial charge is 0.226 e. The number of carbonyl (C=O) groups excluding carboxylic acids is 1. The Bertz CT molecular complexity index is 499. The van der Waals surface area contributed by atoms with Crippen LogP contribution in [-0.2, 0) is 16.0 Å². The fraction of sp³-hybridized carbons (Fsp3) is 0.588. The first-order chi connectivity index (χ1) is 10.2. The van der Waals surface area contributed by atoms with Gasteiger partial charge in [-0.1, -0.05) is 31.2 Å². The number of aryl methyl sites for hydroxylation is 1. The highest BCUT2D eigenvalue weighted by molar-refractivity contribution is 5.80. The molecule has 0 aromatic heterocycles. The van der Waals surface area contributed by atoms with Crippen molar-refractivity contribution < 1.29 is 14.6 Å². The van der Waals surface area contributed by atoms with E-state index in [-0.39, 0.29) is 36.7 Å². The number of aliphatic hydroxyl groups is 1. The summed E-state index contributed by atoms with van der Waals surface area (Å²) in [4.78, 5) is 12.4. The fourth-order valence-electron chi connectivity index (χ4n) is 3.41. The van der Waals surface area contributed by atoms with Crippen LogP contribution >= 0.6 is 0 Å². The molecule has 4 atom stereocenters. The van der Waals surface area contributed by atoms with Crippen LogP contribution in [0.2, 0.25) is 0 Å². The monoisotopic (exact) mass is 289 g/mol. The molecule has 0 saturated carbocycles. The zero-order chi connectivity index (χ0) is 14.8. The standard InChI is InChI=1S/C17H23NO3/c1-2-11-3-5-12(6-4-11)15(10-19)18-17(20)14-9-13-7-8-16(14)21-13/h3-6,13-16,19H,2,7-10H2,1H3,(H,18,20). The van der Waals surface area contributed by atoms with Crippen LogP contribution in [0.5, 0.6) is 0 Å². The van der Waals surface area contributed by atoms with Crippen molar-refractivity contribution in [3.8, 4) is 0 Å². The summed E-state index contributed by atoms with van der Waals surface area (Å²) in [7, 11) is 0. The van der Waals surface area contributed by atoms with E-state index in [1.54, 1.807) is 0 Å². The fourth-order valence-corrected chi connectivity index (χ4v) is 3.41. The average Bonchev–Trinajstić information content (AvgIpc) is 3.15. The van der Waals surface area contributed by atoms with Gasteiger partial charge >= 0.3 is 0 Å². The van der Waals surface area contributed by atoms with Gasteiger partial charge in [-0.3, -0.25) is 4.79 Å². The molecular formula is C17H23NO3. The Morgan fingerprint density at radius 3 is 2.67 bits per heavy atom. The van der Waals surface area contributed by atoms with Crippen molar-refractivity contribution >= 4 is 5.91 Å². The van der Waals surface area contributed by atoms with Crippen LogP contribution < -0.4 is 5.32 Å². The largest absolute Gasteiger partial charge is 0.394 e. The molecule has 2 bridgehead atoms. The minimum atomic E-state index is -0.331. The first-order valence-electron chi connectivity index (χ1n) is 7.86. The van der Waals surface area contributed by atoms with Gasteiger partial charge in [0, 0.05) is 0 Å². The van der Waals surface area contributed by atoms with Crippen LogP contribution in [0.4, 0.5) is 0 Å². The molecule has 0 aliphatic carbocycles. The number of amides is 1. The van der Waals surface area contributed by atoms with Gasteiger partial charge in [0.2, 0.25) is 5.91 Å². The van der Waals surface area contributed by atoms with Crippen molar-refractivity contribution in [2.24, 2.45) is 5.92 Å². The van der Waals surface area contributed by atoms with Crippen molar-refractivity contribution in [2.45, 2.75) is 50.9 Å². The maximum Gasteiger partial charge on any atom is 0.226 e. The molecule has 2 saturated heterocycles. The van der Waals surface area contributed by atoms with Gasteiger partial charge in [-0.15, -0.1) is 0 Å². The quantitative estimate of drug-likeness (QED) is 0.871. The lowest BCUT2D eigenvalue weighted by molar-refractivity contribution is -0.127. The summed E-state index contributed by atoms with van der Waals surface area (Å²) >= 11 is 0. The first-order valence-corrected chi connectivity index (χ1v) is 7.86. The molecular weight excluding hydrogens is 266 g/mol. The second-order valence-corrected chi connectivity index (χ2v) is 6.05. The lowest BCUT2D eigenvalue weighted by atomic mass is 9.88. The Morgan fingerprint density at radius 2 is 2.14 bits per heavy atom. The molecule has 3 rings (SSSR count). The minimum absolute atomic E-state index is 0.0146. The number of rotatable bonds is 5. The Morgan fingerprint density at radius 1 is 1.38 bits per heavy atom. The molecule has 2 heterocycles. The summed E-state index contributed by atoms with van der Waals surface area (Å²) in [5.74, 6) is -0.0338. The summed E-state index contributed by atoms with van der Waals surface area (Å²) < 4.78 is 5.73. The zero-order valence-corrected chi connectivity index (χ0v) is 12.4. The van der Waals surface area contributed by atoms with E-state index >= 15 is 0 Å². The van der Waals surface area contributed by atoms with Crippen molar-refractivity contribution in [1.82, 2.24) is 5.32 Å². The number of benzene rings is 1. The molecule has 2 aliphatic heterocycles. The topological polar surface area (TPSA) is 58.6 Å². The van der Waals surface area contributed by atoms with Crippen LogP contribution in [0.3, 0.4) is 0 Å². The summed E-state index contributed by atoms with van der Waals surface area (Å²) in [6.45, 7) is 2.02. The molecule has 1 amide bonds. The third-order valence-electron chi connectivity index (χ3n) is 4.73. The Labute approximate surface area is 125 Å². The van der Waals surface area contributed by atoms with E-state index in [0.717, 1.165) is 31.2 Å². The first kappa shape index (κ1) is 14.5. The third kappa shape index (κ3) is 2.97. The molecule has 21 heavy (non-hydrogen) atoms. The highest BCUT2D eigenvalue weighted by Crippen LogP contribution is 2.39. The Balaban J connectivity index is 1.64. The van der Waals surface area contributed by atoms with E-state index in [0.29, 0.717) is 0 Å². The maximum absolute atomic E-state index is 12.4. The zero-order valence-electron chi connectivity index (χ0n) is 12.4. The summed E-state index contributed by atoms with van der Waals surface area (Å²) in [5.41, 5.74) is 2.20. The maximum atomic E-state index is 12.4. The van der Waals surface area contributed by atoms with Gasteiger partial charge in [-0.25, -0.2) is 0 Å². The lowest BCUT2D eigenvalue weighted by Crippen LogP contribution is -2.39. The molecule has 1 aromatic rings. The van der Waals surface area contributed by atoms with Crippen molar-refractivity contribution in [3.63, 3.8) is 0 Å². The molecule has 1 aromatic carbocycles. The predicted molar refractivity (Wildman–Crippen MR) is 79.8 cm³/mol. The number of hydrogen-bond donors (Lipinski definition) is 2. The van der Waals surface area contributed by atoms with E-state index in [1.807, 2.05) is 24.3 Å². The van der Waals surface area contributed by atoms with Crippen LogP contribution in [0.15, 0.2) is 24.3 Å². The second-order valence-electron chi connectivity index (χ2n) is 6.05. The highest BCUT2D eigenvalue weighted by atomic mass is 16.5. The Kier molecular flexibility index (Phi) is 4.27. The number of ether oxygens (including phenoxy) is 1. The van der Waals surface area contributed by atoms with Crippen LogP contribution in [0.1, 0.15) is 43.4 Å². The third-order valence-corrected chi connectivity index (χ3v) is 4.73. The molecule has 2 aliphatic rings. The van der Waals surface area contributed by atoms with Gasteiger partial charge in [0.25, 0.3) is 0 Å². The van der Waals surface area contributed by atoms with Gasteiger partial charge in [-0.05, 0) is 36.8 Å². The number of hydrogen-bond acceptors (Lipinski definition) is 3. The molecule has 2 fully saturated rings. The number of fused-ring (bicyclic) bond motifs is 2. The van der Waals surface area contributed by atoms with Crippen LogP contribution in [-0.4, -0.2) is 29.8 Å².